The van der Waals surface area contributed by atoms with E-state index in [1.807, 2.05) is 37.3 Å². The Bertz CT molecular complexity index is 1230. The van der Waals surface area contributed by atoms with E-state index in [1.54, 1.807) is 41.1 Å². The molecule has 1 amide bonds. The summed E-state index contributed by atoms with van der Waals surface area (Å²) in [6, 6.07) is 18.2. The third-order valence-corrected chi connectivity index (χ3v) is 4.39. The van der Waals surface area contributed by atoms with Crippen molar-refractivity contribution in [1.82, 2.24) is 14.5 Å². The maximum Gasteiger partial charge on any atom is 0.266 e. The van der Waals surface area contributed by atoms with Crippen LogP contribution in [-0.4, -0.2) is 20.4 Å². The highest BCUT2D eigenvalue weighted by Gasteiger charge is 2.14. The summed E-state index contributed by atoms with van der Waals surface area (Å²) in [4.78, 5) is 33.6. The van der Waals surface area contributed by atoms with Crippen LogP contribution in [0.25, 0.3) is 28.0 Å². The van der Waals surface area contributed by atoms with Gasteiger partial charge in [-0.3, -0.25) is 19.1 Å². The van der Waals surface area contributed by atoms with E-state index >= 15 is 0 Å². The summed E-state index contributed by atoms with van der Waals surface area (Å²) in [6.45, 7) is 3.36. The fourth-order valence-electron chi connectivity index (χ4n) is 3.06. The Labute approximate surface area is 161 Å². The van der Waals surface area contributed by atoms with Crippen molar-refractivity contribution in [3.8, 4) is 17.1 Å². The number of fused-ring (bicyclic) bond motifs is 1. The van der Waals surface area contributed by atoms with E-state index < -0.39 is 0 Å². The van der Waals surface area contributed by atoms with Crippen molar-refractivity contribution >= 4 is 22.5 Å². The first-order chi connectivity index (χ1) is 13.5. The molecule has 1 N–H and O–H groups in total. The number of hydrogen-bond acceptors (Lipinski definition) is 4. The highest BCUT2D eigenvalue weighted by atomic mass is 16.1. The molecule has 0 aliphatic carbocycles. The Balaban J connectivity index is 1.96. The average molecular weight is 370 g/mol. The summed E-state index contributed by atoms with van der Waals surface area (Å²) in [5, 5.41) is 3.27. The number of carbonyl (C=O) groups is 1. The molecule has 0 saturated heterocycles. The summed E-state index contributed by atoms with van der Waals surface area (Å²) in [5.41, 5.74) is 3.43. The zero-order valence-corrected chi connectivity index (χ0v) is 15.5. The van der Waals surface area contributed by atoms with Crippen molar-refractivity contribution in [2.75, 3.05) is 5.32 Å². The number of benzene rings is 2. The number of hydrogen-bond donors (Lipinski definition) is 1. The van der Waals surface area contributed by atoms with E-state index in [0.717, 1.165) is 11.3 Å². The second kappa shape index (κ2) is 7.08. The number of aryl methyl sites for hydroxylation is 1. The molecule has 2 aromatic heterocycles. The molecule has 4 aromatic rings. The minimum absolute atomic E-state index is 0.149. The lowest BCUT2D eigenvalue weighted by Crippen LogP contribution is -2.22. The second-order valence-corrected chi connectivity index (χ2v) is 6.51. The molecule has 2 aromatic carbocycles. The molecular weight excluding hydrogens is 352 g/mol. The van der Waals surface area contributed by atoms with Gasteiger partial charge in [0.2, 0.25) is 5.91 Å². The number of pyridine rings is 1. The number of rotatable bonds is 3. The number of amides is 1. The van der Waals surface area contributed by atoms with Gasteiger partial charge in [-0.2, -0.15) is 0 Å². The largest absolute Gasteiger partial charge is 0.326 e. The standard InChI is InChI=1S/C22H18N4O2/c1-14-7-8-16(13-23-14)21-25-20-6-4-3-5-19(20)22(28)26(21)18-11-9-17(10-12-18)24-15(2)27/h3-13H,1-2H3,(H,24,27). The first-order valence-electron chi connectivity index (χ1n) is 8.86. The van der Waals surface area contributed by atoms with Gasteiger partial charge in [0, 0.05) is 30.1 Å². The van der Waals surface area contributed by atoms with Gasteiger partial charge in [0.1, 0.15) is 5.82 Å². The zero-order chi connectivity index (χ0) is 19.7. The number of nitrogens with one attached hydrogen (secondary N) is 1. The molecule has 4 rings (SSSR count). The lowest BCUT2D eigenvalue weighted by molar-refractivity contribution is -0.114. The fraction of sp³-hybridized carbons (Fsp3) is 0.0909. The molecule has 138 valence electrons. The van der Waals surface area contributed by atoms with Crippen LogP contribution in [0.4, 0.5) is 5.69 Å². The van der Waals surface area contributed by atoms with Gasteiger partial charge in [-0.05, 0) is 55.5 Å². The minimum Gasteiger partial charge on any atom is -0.326 e. The number of carbonyl (C=O) groups excluding carboxylic acids is 1. The molecule has 0 aliphatic heterocycles. The zero-order valence-electron chi connectivity index (χ0n) is 15.5. The predicted octanol–water partition coefficient (Wildman–Crippen LogP) is 3.71. The van der Waals surface area contributed by atoms with Crippen LogP contribution in [0.5, 0.6) is 0 Å². The maximum absolute atomic E-state index is 13.3. The highest BCUT2D eigenvalue weighted by molar-refractivity contribution is 5.88. The molecule has 0 unspecified atom stereocenters. The van der Waals surface area contributed by atoms with Crippen LogP contribution in [0.15, 0.2) is 71.7 Å². The monoisotopic (exact) mass is 370 g/mol. The highest BCUT2D eigenvalue weighted by Crippen LogP contribution is 2.22. The molecule has 0 radical (unpaired) electrons. The first-order valence-corrected chi connectivity index (χ1v) is 8.86. The summed E-state index contributed by atoms with van der Waals surface area (Å²) >= 11 is 0. The van der Waals surface area contributed by atoms with E-state index in [1.165, 1.54) is 6.92 Å². The quantitative estimate of drug-likeness (QED) is 0.596. The molecule has 6 heteroatoms. The second-order valence-electron chi connectivity index (χ2n) is 6.51. The van der Waals surface area contributed by atoms with E-state index in [4.69, 9.17) is 4.98 Å². The summed E-state index contributed by atoms with van der Waals surface area (Å²) in [7, 11) is 0. The third kappa shape index (κ3) is 3.27. The van der Waals surface area contributed by atoms with Crippen molar-refractivity contribution in [1.29, 1.82) is 0 Å². The van der Waals surface area contributed by atoms with Crippen molar-refractivity contribution in [3.05, 3.63) is 82.9 Å². The van der Waals surface area contributed by atoms with Gasteiger partial charge >= 0.3 is 0 Å². The van der Waals surface area contributed by atoms with Crippen LogP contribution < -0.4 is 10.9 Å². The number of para-hydroxylation sites is 1. The van der Waals surface area contributed by atoms with Gasteiger partial charge in [-0.15, -0.1) is 0 Å². The predicted molar refractivity (Wildman–Crippen MR) is 110 cm³/mol. The van der Waals surface area contributed by atoms with Gasteiger partial charge in [0.15, 0.2) is 0 Å². The molecule has 2 heterocycles. The fourth-order valence-corrected chi connectivity index (χ4v) is 3.06. The topological polar surface area (TPSA) is 76.9 Å². The number of aromatic nitrogens is 3. The Morgan fingerprint density at radius 1 is 1.00 bits per heavy atom. The Morgan fingerprint density at radius 3 is 2.43 bits per heavy atom. The molecule has 0 bridgehead atoms. The lowest BCUT2D eigenvalue weighted by atomic mass is 10.2. The minimum atomic E-state index is -0.159. The van der Waals surface area contributed by atoms with Crippen LogP contribution >= 0.6 is 0 Å². The lowest BCUT2D eigenvalue weighted by Gasteiger charge is -2.14. The van der Waals surface area contributed by atoms with Gasteiger partial charge in [-0.1, -0.05) is 12.1 Å². The number of anilines is 1. The molecule has 0 fully saturated rings. The summed E-state index contributed by atoms with van der Waals surface area (Å²) in [6.07, 6.45) is 1.72. The average Bonchev–Trinajstić information content (AvgIpc) is 2.69. The molecule has 6 nitrogen and oxygen atoms in total. The van der Waals surface area contributed by atoms with E-state index in [-0.39, 0.29) is 11.5 Å². The number of nitrogens with zero attached hydrogens (tertiary/aromatic N) is 3. The van der Waals surface area contributed by atoms with Crippen LogP contribution in [0.3, 0.4) is 0 Å². The Hall–Kier alpha value is -3.80. The molecule has 0 saturated carbocycles. The van der Waals surface area contributed by atoms with Crippen molar-refractivity contribution < 1.29 is 4.79 Å². The third-order valence-electron chi connectivity index (χ3n) is 4.39. The summed E-state index contributed by atoms with van der Waals surface area (Å²) < 4.78 is 1.58. The molecule has 0 spiro atoms. The molecule has 0 atom stereocenters. The van der Waals surface area contributed by atoms with Crippen LogP contribution in [0.1, 0.15) is 12.6 Å². The normalized spacial score (nSPS) is 10.8. The van der Waals surface area contributed by atoms with Crippen molar-refractivity contribution in [3.63, 3.8) is 0 Å². The Morgan fingerprint density at radius 2 is 1.75 bits per heavy atom. The van der Waals surface area contributed by atoms with Crippen LogP contribution in [-0.2, 0) is 4.79 Å². The van der Waals surface area contributed by atoms with Gasteiger partial charge in [0.05, 0.1) is 16.6 Å². The molecular formula is C22H18N4O2. The van der Waals surface area contributed by atoms with E-state index in [0.29, 0.717) is 28.1 Å². The van der Waals surface area contributed by atoms with Crippen molar-refractivity contribution in [2.24, 2.45) is 0 Å². The summed E-state index contributed by atoms with van der Waals surface area (Å²) in [5.74, 6) is 0.368. The van der Waals surface area contributed by atoms with Gasteiger partial charge in [0.25, 0.3) is 5.56 Å². The SMILES string of the molecule is CC(=O)Nc1ccc(-n2c(-c3ccc(C)nc3)nc3ccccc3c2=O)cc1. The van der Waals surface area contributed by atoms with E-state index in [2.05, 4.69) is 10.3 Å². The molecule has 28 heavy (non-hydrogen) atoms. The van der Waals surface area contributed by atoms with Gasteiger partial charge in [-0.25, -0.2) is 4.98 Å². The van der Waals surface area contributed by atoms with Gasteiger partial charge < -0.3 is 5.32 Å². The first kappa shape index (κ1) is 17.6. The van der Waals surface area contributed by atoms with E-state index in [9.17, 15) is 9.59 Å². The maximum atomic E-state index is 13.3. The van der Waals surface area contributed by atoms with Crippen LogP contribution in [0.2, 0.25) is 0 Å². The molecule has 0 aliphatic rings. The van der Waals surface area contributed by atoms with Crippen LogP contribution in [0, 0.1) is 6.92 Å². The Kier molecular flexibility index (Phi) is 4.45. The smallest absolute Gasteiger partial charge is 0.266 e. The van der Waals surface area contributed by atoms with Crippen molar-refractivity contribution in [2.45, 2.75) is 13.8 Å².